The second-order valence-corrected chi connectivity index (χ2v) is 10.5. The van der Waals surface area contributed by atoms with E-state index in [9.17, 15) is 18.0 Å². The van der Waals surface area contributed by atoms with E-state index in [0.717, 1.165) is 21.7 Å². The maximum Gasteiger partial charge on any atom is 0.247 e. The van der Waals surface area contributed by atoms with Crippen LogP contribution in [0.5, 0.6) is 5.75 Å². The molecule has 0 saturated carbocycles. The van der Waals surface area contributed by atoms with Gasteiger partial charge in [0.1, 0.15) is 11.8 Å². The van der Waals surface area contributed by atoms with Crippen LogP contribution >= 0.6 is 0 Å². The molecule has 1 atom stereocenters. The first-order valence-electron chi connectivity index (χ1n) is 11.4. The topological polar surface area (TPSA) is 96.0 Å². The van der Waals surface area contributed by atoms with Crippen molar-refractivity contribution in [3.05, 3.63) is 102 Å². The van der Waals surface area contributed by atoms with Crippen LogP contribution in [0.4, 0.5) is 0 Å². The minimum absolute atomic E-state index is 0.132. The zero-order valence-corrected chi connectivity index (χ0v) is 21.4. The molecule has 0 bridgehead atoms. The summed E-state index contributed by atoms with van der Waals surface area (Å²) in [6, 6.07) is 24.6. The lowest BCUT2D eigenvalue weighted by atomic mass is 10.0. The molecular formula is C27H31N3O5S. The van der Waals surface area contributed by atoms with Gasteiger partial charge in [0.25, 0.3) is 0 Å². The summed E-state index contributed by atoms with van der Waals surface area (Å²) in [4.78, 5) is 28.5. The fraction of sp³-hybridized carbons (Fsp3) is 0.259. The second kappa shape index (κ2) is 12.3. The molecule has 36 heavy (non-hydrogen) atoms. The molecule has 2 amide bonds. The molecule has 8 nitrogen and oxygen atoms in total. The molecule has 1 N–H and O–H groups in total. The summed E-state index contributed by atoms with van der Waals surface area (Å²) in [6.45, 7) is -0.00365. The van der Waals surface area contributed by atoms with Crippen molar-refractivity contribution in [3.8, 4) is 5.75 Å². The molecule has 3 aromatic rings. The lowest BCUT2D eigenvalue weighted by Gasteiger charge is -2.32. The summed E-state index contributed by atoms with van der Waals surface area (Å²) in [5, 5.41) is 2.93. The molecule has 0 aliphatic rings. The number of hydrogen-bond donors (Lipinski definition) is 1. The van der Waals surface area contributed by atoms with Gasteiger partial charge in [0, 0.05) is 20.1 Å². The summed E-state index contributed by atoms with van der Waals surface area (Å²) >= 11 is 0. The molecule has 0 radical (unpaired) electrons. The number of carbonyl (C=O) groups excluding carboxylic acids is 2. The van der Waals surface area contributed by atoms with E-state index in [1.807, 2.05) is 60.7 Å². The Morgan fingerprint density at radius 2 is 1.47 bits per heavy atom. The molecule has 0 fully saturated rings. The van der Waals surface area contributed by atoms with Crippen LogP contribution in [0.1, 0.15) is 22.7 Å². The summed E-state index contributed by atoms with van der Waals surface area (Å²) in [6.07, 6.45) is 1.04. The summed E-state index contributed by atoms with van der Waals surface area (Å²) in [5.74, 6) is -0.148. The summed E-state index contributed by atoms with van der Waals surface area (Å²) < 4.78 is 30.1. The molecule has 0 spiro atoms. The van der Waals surface area contributed by atoms with E-state index in [0.29, 0.717) is 11.3 Å². The van der Waals surface area contributed by atoms with E-state index in [1.54, 1.807) is 31.4 Å². The van der Waals surface area contributed by atoms with Crippen molar-refractivity contribution in [1.82, 2.24) is 14.5 Å². The molecule has 3 rings (SSSR count). The van der Waals surface area contributed by atoms with Crippen molar-refractivity contribution in [2.45, 2.75) is 19.1 Å². The van der Waals surface area contributed by atoms with Crippen LogP contribution in [-0.4, -0.2) is 56.4 Å². The van der Waals surface area contributed by atoms with Crippen LogP contribution < -0.4 is 10.1 Å². The average Bonchev–Trinajstić information content (AvgIpc) is 2.88. The van der Waals surface area contributed by atoms with Gasteiger partial charge >= 0.3 is 0 Å². The number of methoxy groups -OCH3 is 1. The lowest BCUT2D eigenvalue weighted by molar-refractivity contribution is -0.141. The van der Waals surface area contributed by atoms with Gasteiger partial charge in [0.2, 0.25) is 21.8 Å². The quantitative estimate of drug-likeness (QED) is 0.429. The Morgan fingerprint density at radius 3 is 2.03 bits per heavy atom. The number of ether oxygens (including phenoxy) is 1. The molecule has 0 unspecified atom stereocenters. The Balaban J connectivity index is 1.93. The largest absolute Gasteiger partial charge is 0.497 e. The first kappa shape index (κ1) is 26.9. The number of likely N-dealkylation sites (N-methyl/N-ethyl adjacent to an activating group) is 1. The van der Waals surface area contributed by atoms with Gasteiger partial charge in [-0.1, -0.05) is 72.8 Å². The van der Waals surface area contributed by atoms with Gasteiger partial charge in [-0.25, -0.2) is 8.42 Å². The third-order valence-corrected chi connectivity index (χ3v) is 7.00. The van der Waals surface area contributed by atoms with Crippen molar-refractivity contribution >= 4 is 21.8 Å². The van der Waals surface area contributed by atoms with Crippen LogP contribution in [0.25, 0.3) is 0 Å². The fourth-order valence-corrected chi connectivity index (χ4v) is 3.98. The number of carbonyl (C=O) groups is 2. The normalized spacial score (nSPS) is 12.1. The van der Waals surface area contributed by atoms with E-state index in [1.165, 1.54) is 11.9 Å². The predicted molar refractivity (Wildman–Crippen MR) is 138 cm³/mol. The lowest BCUT2D eigenvalue weighted by Crippen LogP contribution is -2.47. The Morgan fingerprint density at radius 1 is 0.889 bits per heavy atom. The van der Waals surface area contributed by atoms with Gasteiger partial charge in [0.15, 0.2) is 0 Å². The molecule has 0 saturated heterocycles. The molecule has 190 valence electrons. The third kappa shape index (κ3) is 7.40. The molecule has 0 aliphatic heterocycles. The average molecular weight is 510 g/mol. The highest BCUT2D eigenvalue weighted by atomic mass is 32.2. The molecular weight excluding hydrogens is 478 g/mol. The Kier molecular flexibility index (Phi) is 9.21. The van der Waals surface area contributed by atoms with Crippen LogP contribution in [0.2, 0.25) is 0 Å². The summed E-state index contributed by atoms with van der Waals surface area (Å²) in [5.41, 5.74) is 2.31. The van der Waals surface area contributed by atoms with Gasteiger partial charge in [-0.05, 0) is 28.8 Å². The third-order valence-electron chi connectivity index (χ3n) is 5.74. The Labute approximate surface area is 212 Å². The maximum atomic E-state index is 13.6. The van der Waals surface area contributed by atoms with Crippen LogP contribution in [-0.2, 0) is 32.7 Å². The number of nitrogens with one attached hydrogen (secondary N) is 1. The highest BCUT2D eigenvalue weighted by molar-refractivity contribution is 7.88. The van der Waals surface area contributed by atoms with E-state index in [4.69, 9.17) is 4.74 Å². The van der Waals surface area contributed by atoms with E-state index in [-0.39, 0.29) is 25.5 Å². The minimum Gasteiger partial charge on any atom is -0.497 e. The zero-order chi connectivity index (χ0) is 26.1. The number of hydrogen-bond acceptors (Lipinski definition) is 5. The molecule has 0 aliphatic carbocycles. The van der Waals surface area contributed by atoms with Crippen LogP contribution in [0, 0.1) is 0 Å². The van der Waals surface area contributed by atoms with E-state index < -0.39 is 22.0 Å². The number of nitrogens with zero attached hydrogens (tertiary/aromatic N) is 2. The highest BCUT2D eigenvalue weighted by Gasteiger charge is 2.32. The SMILES string of the molecule is COc1ccc(CNC(=O)[C@@H](c2ccccc2)N(Cc2ccccc2)C(=O)CN(C)S(C)(=O)=O)cc1. The van der Waals surface area contributed by atoms with Crippen molar-refractivity contribution in [1.29, 1.82) is 0 Å². The Bertz CT molecular complexity index is 1250. The first-order chi connectivity index (χ1) is 17.2. The van der Waals surface area contributed by atoms with Gasteiger partial charge in [-0.3, -0.25) is 9.59 Å². The molecule has 0 heterocycles. The molecule has 3 aromatic carbocycles. The van der Waals surface area contributed by atoms with Gasteiger partial charge in [0.05, 0.1) is 19.9 Å². The van der Waals surface area contributed by atoms with Crippen molar-refractivity contribution in [2.24, 2.45) is 0 Å². The number of rotatable bonds is 11. The number of amides is 2. The Hall–Kier alpha value is -3.69. The standard InChI is InChI=1S/C27H31N3O5S/c1-29(36(3,33)34)20-25(31)30(19-22-10-6-4-7-11-22)26(23-12-8-5-9-13-23)27(32)28-18-21-14-16-24(35-2)17-15-21/h4-17,26H,18-20H2,1-3H3,(H,28,32)/t26-/m1/s1. The van der Waals surface area contributed by atoms with E-state index in [2.05, 4.69) is 5.32 Å². The van der Waals surface area contributed by atoms with E-state index >= 15 is 0 Å². The predicted octanol–water partition coefficient (Wildman–Crippen LogP) is 2.97. The second-order valence-electron chi connectivity index (χ2n) is 8.41. The van der Waals surface area contributed by atoms with Crippen LogP contribution in [0.15, 0.2) is 84.9 Å². The molecule has 0 aromatic heterocycles. The maximum absolute atomic E-state index is 13.6. The minimum atomic E-state index is -3.59. The first-order valence-corrected chi connectivity index (χ1v) is 13.2. The zero-order valence-electron chi connectivity index (χ0n) is 20.6. The monoisotopic (exact) mass is 509 g/mol. The fourth-order valence-electron chi connectivity index (χ4n) is 3.64. The van der Waals surface area contributed by atoms with Gasteiger partial charge in [-0.2, -0.15) is 4.31 Å². The molecule has 9 heteroatoms. The smallest absolute Gasteiger partial charge is 0.247 e. The number of sulfonamides is 1. The summed E-state index contributed by atoms with van der Waals surface area (Å²) in [7, 11) is -0.665. The van der Waals surface area contributed by atoms with Crippen LogP contribution in [0.3, 0.4) is 0 Å². The highest BCUT2D eigenvalue weighted by Crippen LogP contribution is 2.24. The number of benzene rings is 3. The van der Waals surface area contributed by atoms with Crippen molar-refractivity contribution in [2.75, 3.05) is 27.0 Å². The van der Waals surface area contributed by atoms with Crippen molar-refractivity contribution < 1.29 is 22.7 Å². The van der Waals surface area contributed by atoms with Gasteiger partial charge < -0.3 is 15.0 Å². The van der Waals surface area contributed by atoms with Gasteiger partial charge in [-0.15, -0.1) is 0 Å². The van der Waals surface area contributed by atoms with Crippen molar-refractivity contribution in [3.63, 3.8) is 0 Å².